The van der Waals surface area contributed by atoms with Gasteiger partial charge in [0.05, 0.1) is 18.3 Å². The van der Waals surface area contributed by atoms with Crippen molar-refractivity contribution in [2.24, 2.45) is 0 Å². The maximum Gasteiger partial charge on any atom is 0.204 e. The van der Waals surface area contributed by atoms with Crippen LogP contribution >= 0.6 is 0 Å². The quantitative estimate of drug-likeness (QED) is 0.528. The van der Waals surface area contributed by atoms with Gasteiger partial charge in [0.15, 0.2) is 11.5 Å². The van der Waals surface area contributed by atoms with Crippen LogP contribution in [0.4, 0.5) is 0 Å². The summed E-state index contributed by atoms with van der Waals surface area (Å²) in [5.41, 5.74) is -0.947. The van der Waals surface area contributed by atoms with E-state index in [1.165, 1.54) is 25.5 Å². The van der Waals surface area contributed by atoms with Crippen LogP contribution in [0.3, 0.4) is 0 Å². The van der Waals surface area contributed by atoms with Gasteiger partial charge in [-0.3, -0.25) is 4.79 Å². The molecule has 0 bridgehead atoms. The summed E-state index contributed by atoms with van der Waals surface area (Å²) in [7, 11) is 1.38. The fourth-order valence-electron chi connectivity index (χ4n) is 3.53. The van der Waals surface area contributed by atoms with Crippen LogP contribution in [0.2, 0.25) is 0 Å². The Morgan fingerprint density at radius 2 is 1.86 bits per heavy atom. The Kier molecular flexibility index (Phi) is 4.13. The predicted molar refractivity (Wildman–Crippen MR) is 104 cm³/mol. The van der Waals surface area contributed by atoms with Gasteiger partial charge in [0.1, 0.15) is 40.6 Å². The second-order valence-corrected chi connectivity index (χ2v) is 7.56. The summed E-state index contributed by atoms with van der Waals surface area (Å²) in [5, 5.41) is 40.5. The van der Waals surface area contributed by atoms with Crippen LogP contribution in [0.1, 0.15) is 19.4 Å². The molecule has 0 unspecified atom stereocenters. The Balaban J connectivity index is 1.99. The largest absolute Gasteiger partial charge is 0.508 e. The van der Waals surface area contributed by atoms with Crippen molar-refractivity contribution >= 4 is 11.0 Å². The van der Waals surface area contributed by atoms with Crippen molar-refractivity contribution in [3.05, 3.63) is 40.2 Å². The number of aliphatic hydroxyl groups is 1. The van der Waals surface area contributed by atoms with Crippen LogP contribution in [-0.4, -0.2) is 39.2 Å². The highest BCUT2D eigenvalue weighted by atomic mass is 16.5. The van der Waals surface area contributed by atoms with E-state index in [-0.39, 0.29) is 46.0 Å². The Bertz CT molecular complexity index is 1190. The zero-order valence-electron chi connectivity index (χ0n) is 16.0. The predicted octanol–water partition coefficient (Wildman–Crippen LogP) is 2.66. The van der Waals surface area contributed by atoms with Crippen LogP contribution < -0.4 is 14.9 Å². The highest BCUT2D eigenvalue weighted by Gasteiger charge is 2.39. The molecule has 152 valence electrons. The second-order valence-electron chi connectivity index (χ2n) is 7.56. The molecule has 0 saturated carbocycles. The number of phenols is 3. The fraction of sp³-hybridized carbons (Fsp3) is 0.286. The number of ether oxygens (including phenoxy) is 2. The number of hydrogen-bond acceptors (Lipinski definition) is 8. The average Bonchev–Trinajstić information content (AvgIpc) is 3.09. The summed E-state index contributed by atoms with van der Waals surface area (Å²) in [6.07, 6.45) is 0.760. The average molecular weight is 400 g/mol. The van der Waals surface area contributed by atoms with E-state index < -0.39 is 22.9 Å². The van der Waals surface area contributed by atoms with E-state index in [9.17, 15) is 25.2 Å². The lowest BCUT2D eigenvalue weighted by atomic mass is 9.95. The first kappa shape index (κ1) is 18.9. The monoisotopic (exact) mass is 400 g/mol. The molecule has 2 aromatic carbocycles. The van der Waals surface area contributed by atoms with Gasteiger partial charge in [-0.05, 0) is 19.9 Å². The van der Waals surface area contributed by atoms with Gasteiger partial charge in [-0.15, -0.1) is 0 Å². The summed E-state index contributed by atoms with van der Waals surface area (Å²) in [5.74, 6) is -0.424. The lowest BCUT2D eigenvalue weighted by Gasteiger charge is -2.24. The van der Waals surface area contributed by atoms with E-state index in [1.807, 2.05) is 0 Å². The van der Waals surface area contributed by atoms with Crippen molar-refractivity contribution in [1.29, 1.82) is 0 Å². The molecule has 29 heavy (non-hydrogen) atoms. The van der Waals surface area contributed by atoms with E-state index >= 15 is 0 Å². The van der Waals surface area contributed by atoms with Crippen molar-refractivity contribution < 1.29 is 34.3 Å². The van der Waals surface area contributed by atoms with E-state index in [0.29, 0.717) is 11.1 Å². The minimum atomic E-state index is -1.19. The van der Waals surface area contributed by atoms with Crippen molar-refractivity contribution in [1.82, 2.24) is 0 Å². The van der Waals surface area contributed by atoms with Gasteiger partial charge >= 0.3 is 0 Å². The van der Waals surface area contributed by atoms with Crippen LogP contribution in [0.15, 0.2) is 33.7 Å². The first-order valence-electron chi connectivity index (χ1n) is 8.91. The highest BCUT2D eigenvalue weighted by molar-refractivity contribution is 5.89. The first-order valence-corrected chi connectivity index (χ1v) is 8.91. The van der Waals surface area contributed by atoms with Crippen molar-refractivity contribution in [3.8, 4) is 39.9 Å². The molecule has 4 rings (SSSR count). The molecular formula is C21H20O8. The normalized spacial score (nSPS) is 15.9. The van der Waals surface area contributed by atoms with Crippen LogP contribution in [0.5, 0.6) is 28.7 Å². The number of methoxy groups -OCH3 is 1. The third-order valence-corrected chi connectivity index (χ3v) is 5.10. The van der Waals surface area contributed by atoms with Crippen molar-refractivity contribution in [3.63, 3.8) is 0 Å². The van der Waals surface area contributed by atoms with Crippen LogP contribution in [0, 0.1) is 0 Å². The minimum Gasteiger partial charge on any atom is -0.508 e. The first-order chi connectivity index (χ1) is 13.6. The van der Waals surface area contributed by atoms with Gasteiger partial charge in [0.2, 0.25) is 5.43 Å². The molecule has 4 N–H and O–H groups in total. The lowest BCUT2D eigenvalue weighted by molar-refractivity contribution is -0.0227. The second kappa shape index (κ2) is 6.31. The maximum atomic E-state index is 13.1. The summed E-state index contributed by atoms with van der Waals surface area (Å²) < 4.78 is 16.6. The summed E-state index contributed by atoms with van der Waals surface area (Å²) in [6, 6.07) is 3.71. The Labute approximate surface area is 165 Å². The lowest BCUT2D eigenvalue weighted by Crippen LogP contribution is -2.39. The molecule has 3 aromatic rings. The molecule has 0 radical (unpaired) electrons. The molecule has 0 amide bonds. The molecule has 0 saturated heterocycles. The standard InChI is InChI=1S/C21H20O8/c1-21(2,26)16-7-11-18(24)15(27-3)6-10(20(11)29-16)12-8-28-14-5-9(22)4-13(23)17(14)19(12)25/h4-6,8,16,22-24,26H,7H2,1-3H3/t16-/m1/s1. The number of hydrogen-bond donors (Lipinski definition) is 4. The van der Waals surface area contributed by atoms with Crippen LogP contribution in [0.25, 0.3) is 22.1 Å². The van der Waals surface area contributed by atoms with Gasteiger partial charge < -0.3 is 34.3 Å². The number of phenolic OH excluding ortho intramolecular Hbond substituents is 3. The summed E-state index contributed by atoms with van der Waals surface area (Å²) in [6.45, 7) is 3.18. The van der Waals surface area contributed by atoms with Crippen molar-refractivity contribution in [2.75, 3.05) is 7.11 Å². The third-order valence-electron chi connectivity index (χ3n) is 5.10. The van der Waals surface area contributed by atoms with Crippen LogP contribution in [-0.2, 0) is 6.42 Å². The van der Waals surface area contributed by atoms with E-state index in [1.54, 1.807) is 13.8 Å². The van der Waals surface area contributed by atoms with Gasteiger partial charge in [0, 0.05) is 29.7 Å². The molecule has 2 heterocycles. The molecule has 0 spiro atoms. The number of aromatic hydroxyl groups is 3. The fourth-order valence-corrected chi connectivity index (χ4v) is 3.53. The molecule has 0 fully saturated rings. The van der Waals surface area contributed by atoms with E-state index in [0.717, 1.165) is 6.07 Å². The SMILES string of the molecule is COc1cc(-c2coc3cc(O)cc(O)c3c2=O)c2c(c1O)C[C@H](C(C)(C)O)O2. The Morgan fingerprint density at radius 1 is 1.14 bits per heavy atom. The molecule has 8 nitrogen and oxygen atoms in total. The Morgan fingerprint density at radius 3 is 2.52 bits per heavy atom. The third kappa shape index (κ3) is 2.92. The van der Waals surface area contributed by atoms with Gasteiger partial charge in [-0.1, -0.05) is 0 Å². The topological polar surface area (TPSA) is 130 Å². The smallest absolute Gasteiger partial charge is 0.204 e. The highest BCUT2D eigenvalue weighted by Crippen LogP contribution is 2.49. The van der Waals surface area contributed by atoms with Gasteiger partial charge in [0.25, 0.3) is 0 Å². The van der Waals surface area contributed by atoms with Gasteiger partial charge in [-0.25, -0.2) is 0 Å². The van der Waals surface area contributed by atoms with Gasteiger partial charge in [-0.2, -0.15) is 0 Å². The molecule has 1 atom stereocenters. The number of fused-ring (bicyclic) bond motifs is 2. The zero-order chi connectivity index (χ0) is 21.1. The van der Waals surface area contributed by atoms with Crippen molar-refractivity contribution in [2.45, 2.75) is 32.0 Å². The molecule has 0 aliphatic carbocycles. The summed E-state index contributed by atoms with van der Waals surface area (Å²) in [4.78, 5) is 13.1. The molecule has 8 heteroatoms. The minimum absolute atomic E-state index is 0.0222. The molecule has 1 aromatic heterocycles. The number of rotatable bonds is 3. The zero-order valence-corrected chi connectivity index (χ0v) is 16.0. The Hall–Kier alpha value is -3.39. The molecule has 1 aliphatic heterocycles. The van der Waals surface area contributed by atoms with E-state index in [4.69, 9.17) is 13.9 Å². The molecule has 1 aliphatic rings. The maximum absolute atomic E-state index is 13.1. The summed E-state index contributed by atoms with van der Waals surface area (Å²) >= 11 is 0. The molecular weight excluding hydrogens is 380 g/mol. The van der Waals surface area contributed by atoms with E-state index in [2.05, 4.69) is 0 Å². The number of benzene rings is 2.